The predicted molar refractivity (Wildman–Crippen MR) is 88.0 cm³/mol. The maximum Gasteiger partial charge on any atom is 0.126 e. The first-order valence-electron chi connectivity index (χ1n) is 8.13. The van der Waals surface area contributed by atoms with Crippen molar-refractivity contribution in [3.05, 3.63) is 82.9 Å². The van der Waals surface area contributed by atoms with Crippen molar-refractivity contribution in [3.8, 4) is 0 Å². The minimum absolute atomic E-state index is 0.0131. The van der Waals surface area contributed by atoms with E-state index in [0.29, 0.717) is 18.5 Å². The number of rotatable bonds is 4. The smallest absolute Gasteiger partial charge is 0.126 e. The molecule has 4 nitrogen and oxygen atoms in total. The molecule has 2 aromatic carbocycles. The molecule has 5 heteroatoms. The van der Waals surface area contributed by atoms with Crippen LogP contribution in [0.3, 0.4) is 0 Å². The van der Waals surface area contributed by atoms with E-state index in [4.69, 9.17) is 0 Å². The highest BCUT2D eigenvalue weighted by atomic mass is 19.1. The Morgan fingerprint density at radius 1 is 1.17 bits per heavy atom. The molecule has 1 aromatic heterocycles. The maximum atomic E-state index is 13.9. The summed E-state index contributed by atoms with van der Waals surface area (Å²) in [6.07, 6.45) is 3.07. The Bertz CT molecular complexity index is 847. The van der Waals surface area contributed by atoms with Crippen LogP contribution in [0.25, 0.3) is 0 Å². The van der Waals surface area contributed by atoms with Crippen molar-refractivity contribution in [1.82, 2.24) is 15.0 Å². The van der Waals surface area contributed by atoms with E-state index in [-0.39, 0.29) is 11.9 Å². The average molecular weight is 323 g/mol. The summed E-state index contributed by atoms with van der Waals surface area (Å²) in [5, 5.41) is 18.7. The van der Waals surface area contributed by atoms with E-state index in [2.05, 4.69) is 10.3 Å². The molecular formula is C19H18FN3O. The summed E-state index contributed by atoms with van der Waals surface area (Å²) < 4.78 is 15.6. The fourth-order valence-electron chi connectivity index (χ4n) is 3.40. The molecule has 1 N–H and O–H groups in total. The lowest BCUT2D eigenvalue weighted by molar-refractivity contribution is 0.173. The Morgan fingerprint density at radius 3 is 2.83 bits per heavy atom. The largest absolute Gasteiger partial charge is 0.386 e. The van der Waals surface area contributed by atoms with Gasteiger partial charge in [-0.05, 0) is 35.6 Å². The Labute approximate surface area is 139 Å². The molecule has 2 atom stereocenters. The molecule has 1 heterocycles. The first kappa shape index (κ1) is 15.0. The molecule has 3 aromatic rings. The van der Waals surface area contributed by atoms with E-state index >= 15 is 0 Å². The molecule has 122 valence electrons. The minimum atomic E-state index is -0.700. The van der Waals surface area contributed by atoms with Gasteiger partial charge in [0.25, 0.3) is 0 Å². The van der Waals surface area contributed by atoms with Gasteiger partial charge in [-0.25, -0.2) is 9.07 Å². The van der Waals surface area contributed by atoms with Crippen LogP contribution >= 0.6 is 0 Å². The van der Waals surface area contributed by atoms with Crippen LogP contribution in [0.1, 0.15) is 41.0 Å². The van der Waals surface area contributed by atoms with Crippen molar-refractivity contribution in [2.75, 3.05) is 0 Å². The third-order valence-electron chi connectivity index (χ3n) is 4.64. The summed E-state index contributed by atoms with van der Waals surface area (Å²) in [7, 11) is 0. The Hall–Kier alpha value is -2.53. The van der Waals surface area contributed by atoms with E-state index in [1.165, 1.54) is 6.07 Å². The second-order valence-electron chi connectivity index (χ2n) is 6.19. The summed E-state index contributed by atoms with van der Waals surface area (Å²) in [5.74, 6) is -0.153. The highest BCUT2D eigenvalue weighted by Crippen LogP contribution is 2.35. The van der Waals surface area contributed by atoms with Crippen molar-refractivity contribution < 1.29 is 9.50 Å². The van der Waals surface area contributed by atoms with Gasteiger partial charge in [-0.1, -0.05) is 47.7 Å². The summed E-state index contributed by atoms with van der Waals surface area (Å²) in [6, 6.07) is 15.0. The highest BCUT2D eigenvalue weighted by molar-refractivity contribution is 5.36. The predicted octanol–water partition coefficient (Wildman–Crippen LogP) is 3.23. The van der Waals surface area contributed by atoms with Crippen LogP contribution in [0, 0.1) is 5.82 Å². The number of hydrogen-bond acceptors (Lipinski definition) is 3. The molecule has 0 amide bonds. The number of hydrogen-bond donors (Lipinski definition) is 1. The Morgan fingerprint density at radius 2 is 2.00 bits per heavy atom. The summed E-state index contributed by atoms with van der Waals surface area (Å²) in [6.45, 7) is 0. The van der Waals surface area contributed by atoms with Crippen LogP contribution in [-0.2, 0) is 12.8 Å². The first-order chi connectivity index (χ1) is 11.7. The number of nitrogens with zero attached hydrogens (tertiary/aromatic N) is 3. The molecule has 0 fully saturated rings. The zero-order valence-corrected chi connectivity index (χ0v) is 13.1. The van der Waals surface area contributed by atoms with Crippen molar-refractivity contribution in [2.24, 2.45) is 0 Å². The fourth-order valence-corrected chi connectivity index (χ4v) is 3.40. The normalized spacial score (nSPS) is 17.7. The van der Waals surface area contributed by atoms with Crippen LogP contribution in [0.2, 0.25) is 0 Å². The third kappa shape index (κ3) is 2.71. The van der Waals surface area contributed by atoms with Crippen molar-refractivity contribution in [3.63, 3.8) is 0 Å². The average Bonchev–Trinajstić information content (AvgIpc) is 3.23. The number of fused-ring (bicyclic) bond motifs is 1. The van der Waals surface area contributed by atoms with Gasteiger partial charge in [0.1, 0.15) is 17.6 Å². The molecule has 1 aliphatic carbocycles. The molecular weight excluding hydrogens is 305 g/mol. The number of aliphatic hydroxyl groups excluding tert-OH is 1. The number of halogens is 1. The van der Waals surface area contributed by atoms with Crippen LogP contribution in [0.5, 0.6) is 0 Å². The van der Waals surface area contributed by atoms with E-state index < -0.39 is 6.10 Å². The van der Waals surface area contributed by atoms with E-state index in [9.17, 15) is 9.50 Å². The molecule has 2 unspecified atom stereocenters. The van der Waals surface area contributed by atoms with Crippen molar-refractivity contribution in [1.29, 1.82) is 0 Å². The zero-order valence-electron chi connectivity index (χ0n) is 13.1. The van der Waals surface area contributed by atoms with Gasteiger partial charge in [-0.3, -0.25) is 0 Å². The van der Waals surface area contributed by atoms with Gasteiger partial charge in [0.15, 0.2) is 0 Å². The molecule has 0 spiro atoms. The van der Waals surface area contributed by atoms with E-state index in [0.717, 1.165) is 23.1 Å². The summed E-state index contributed by atoms with van der Waals surface area (Å²) in [5.41, 5.74) is 3.32. The monoisotopic (exact) mass is 323 g/mol. The third-order valence-corrected chi connectivity index (χ3v) is 4.64. The second kappa shape index (κ2) is 6.17. The molecule has 24 heavy (non-hydrogen) atoms. The standard InChI is InChI=1S/C19H18FN3O/c20-16-8-4-7-15-14(16)9-10-18(15)23-12-17(21-22-23)19(24)11-13-5-2-1-3-6-13/h1-8,12,18-19,24H,9-11H2. The lowest BCUT2D eigenvalue weighted by Crippen LogP contribution is -2.08. The maximum absolute atomic E-state index is 13.9. The minimum Gasteiger partial charge on any atom is -0.386 e. The molecule has 4 rings (SSSR count). The van der Waals surface area contributed by atoms with Crippen LogP contribution in [-0.4, -0.2) is 20.1 Å². The molecule has 0 saturated heterocycles. The summed E-state index contributed by atoms with van der Waals surface area (Å²) in [4.78, 5) is 0. The lowest BCUT2D eigenvalue weighted by atomic mass is 10.1. The Balaban J connectivity index is 1.55. The first-order valence-corrected chi connectivity index (χ1v) is 8.13. The number of aliphatic hydroxyl groups is 1. The van der Waals surface area contributed by atoms with Gasteiger partial charge in [0.2, 0.25) is 0 Å². The quantitative estimate of drug-likeness (QED) is 0.802. The molecule has 1 aliphatic rings. The Kier molecular flexibility index (Phi) is 3.86. The SMILES string of the molecule is OC(Cc1ccccc1)c1cn(C2CCc3c(F)cccc32)nn1. The van der Waals surface area contributed by atoms with Gasteiger partial charge < -0.3 is 5.11 Å². The summed E-state index contributed by atoms with van der Waals surface area (Å²) >= 11 is 0. The van der Waals surface area contributed by atoms with Gasteiger partial charge in [0, 0.05) is 6.42 Å². The van der Waals surface area contributed by atoms with Crippen molar-refractivity contribution in [2.45, 2.75) is 31.4 Å². The zero-order chi connectivity index (χ0) is 16.5. The molecule has 0 bridgehead atoms. The fraction of sp³-hybridized carbons (Fsp3) is 0.263. The van der Waals surface area contributed by atoms with E-state index in [1.54, 1.807) is 16.9 Å². The van der Waals surface area contributed by atoms with Crippen LogP contribution in [0.4, 0.5) is 4.39 Å². The topological polar surface area (TPSA) is 50.9 Å². The number of benzene rings is 2. The van der Waals surface area contributed by atoms with Gasteiger partial charge in [-0.15, -0.1) is 5.10 Å². The lowest BCUT2D eigenvalue weighted by Gasteiger charge is -2.11. The van der Waals surface area contributed by atoms with Gasteiger partial charge in [-0.2, -0.15) is 0 Å². The number of aromatic nitrogens is 3. The highest BCUT2D eigenvalue weighted by Gasteiger charge is 2.27. The molecule has 0 radical (unpaired) electrons. The van der Waals surface area contributed by atoms with Gasteiger partial charge >= 0.3 is 0 Å². The van der Waals surface area contributed by atoms with Gasteiger partial charge in [0.05, 0.1) is 12.2 Å². The van der Waals surface area contributed by atoms with Crippen LogP contribution in [0.15, 0.2) is 54.7 Å². The molecule has 0 saturated carbocycles. The van der Waals surface area contributed by atoms with Crippen LogP contribution < -0.4 is 0 Å². The van der Waals surface area contributed by atoms with Crippen molar-refractivity contribution >= 4 is 0 Å². The molecule has 0 aliphatic heterocycles. The second-order valence-corrected chi connectivity index (χ2v) is 6.19. The van der Waals surface area contributed by atoms with E-state index in [1.807, 2.05) is 36.4 Å².